The molecule has 0 radical (unpaired) electrons. The molecule has 1 atom stereocenters. The molecule has 1 N–H and O–H groups in total. The van der Waals surface area contributed by atoms with Crippen LogP contribution in [0.1, 0.15) is 82.6 Å². The SMILES string of the molecule is CCCCNC(=O)C(CC)N(Cc1ccc(C)cc1)C(=O)CCc1ccc(C(C)(C)C)cc1. The molecule has 0 fully saturated rings. The van der Waals surface area contributed by atoms with Gasteiger partial charge in [-0.05, 0) is 48.3 Å². The number of rotatable bonds is 11. The fraction of sp³-hybridized carbons (Fsp3) is 0.517. The summed E-state index contributed by atoms with van der Waals surface area (Å²) in [6.45, 7) is 13.8. The Morgan fingerprint density at radius 3 is 2.09 bits per heavy atom. The minimum atomic E-state index is -0.459. The van der Waals surface area contributed by atoms with Crippen LogP contribution in [0.25, 0.3) is 0 Å². The van der Waals surface area contributed by atoms with Crippen LogP contribution in [0.2, 0.25) is 0 Å². The topological polar surface area (TPSA) is 49.4 Å². The second-order valence-corrected chi connectivity index (χ2v) is 10.0. The van der Waals surface area contributed by atoms with E-state index in [9.17, 15) is 9.59 Å². The van der Waals surface area contributed by atoms with Gasteiger partial charge in [-0.3, -0.25) is 9.59 Å². The molecule has 33 heavy (non-hydrogen) atoms. The van der Waals surface area contributed by atoms with Crippen molar-refractivity contribution in [3.63, 3.8) is 0 Å². The van der Waals surface area contributed by atoms with E-state index in [0.29, 0.717) is 32.4 Å². The third-order valence-electron chi connectivity index (χ3n) is 6.14. The Hall–Kier alpha value is -2.62. The normalized spacial score (nSPS) is 12.3. The largest absolute Gasteiger partial charge is 0.354 e. The van der Waals surface area contributed by atoms with Gasteiger partial charge in [0.05, 0.1) is 0 Å². The van der Waals surface area contributed by atoms with Crippen LogP contribution in [0, 0.1) is 6.92 Å². The highest BCUT2D eigenvalue weighted by molar-refractivity contribution is 5.87. The lowest BCUT2D eigenvalue weighted by Crippen LogP contribution is -2.49. The standard InChI is InChI=1S/C29H42N2O2/c1-7-9-20-30-28(33)26(8-2)31(21-24-12-10-22(3)11-13-24)27(32)19-16-23-14-17-25(18-15-23)29(4,5)6/h10-15,17-18,26H,7-9,16,19-21H2,1-6H3,(H,30,33). The summed E-state index contributed by atoms with van der Waals surface area (Å²) in [5.74, 6) is -0.0334. The summed E-state index contributed by atoms with van der Waals surface area (Å²) < 4.78 is 0. The van der Waals surface area contributed by atoms with E-state index in [1.807, 2.05) is 26.0 Å². The second kappa shape index (κ2) is 12.6. The molecular weight excluding hydrogens is 408 g/mol. The van der Waals surface area contributed by atoms with Gasteiger partial charge in [0.25, 0.3) is 0 Å². The Balaban J connectivity index is 2.15. The Morgan fingerprint density at radius 1 is 0.939 bits per heavy atom. The molecule has 0 aromatic heterocycles. The number of carbonyl (C=O) groups excluding carboxylic acids is 2. The van der Waals surface area contributed by atoms with E-state index >= 15 is 0 Å². The maximum atomic E-state index is 13.4. The molecule has 0 heterocycles. The van der Waals surface area contributed by atoms with E-state index in [4.69, 9.17) is 0 Å². The summed E-state index contributed by atoms with van der Waals surface area (Å²) in [5.41, 5.74) is 4.77. The van der Waals surface area contributed by atoms with Gasteiger partial charge in [0, 0.05) is 19.5 Å². The average Bonchev–Trinajstić information content (AvgIpc) is 2.78. The molecule has 0 aliphatic heterocycles. The number of nitrogens with one attached hydrogen (secondary N) is 1. The third-order valence-corrected chi connectivity index (χ3v) is 6.14. The number of nitrogens with zero attached hydrogens (tertiary/aromatic N) is 1. The zero-order valence-electron chi connectivity index (χ0n) is 21.4. The molecule has 2 amide bonds. The molecule has 180 valence electrons. The molecule has 0 spiro atoms. The van der Waals surface area contributed by atoms with Crippen LogP contribution in [-0.2, 0) is 28.0 Å². The average molecular weight is 451 g/mol. The molecule has 0 aliphatic carbocycles. The summed E-state index contributed by atoms with van der Waals surface area (Å²) >= 11 is 0. The summed E-state index contributed by atoms with van der Waals surface area (Å²) in [6, 6.07) is 16.3. The zero-order chi connectivity index (χ0) is 24.4. The number of hydrogen-bond acceptors (Lipinski definition) is 2. The quantitative estimate of drug-likeness (QED) is 0.430. The van der Waals surface area contributed by atoms with Gasteiger partial charge in [-0.15, -0.1) is 0 Å². The molecule has 2 aromatic carbocycles. The lowest BCUT2D eigenvalue weighted by Gasteiger charge is -2.31. The van der Waals surface area contributed by atoms with E-state index < -0.39 is 6.04 Å². The number of unbranched alkanes of at least 4 members (excludes halogenated alkanes) is 1. The minimum absolute atomic E-state index is 0.0213. The second-order valence-electron chi connectivity index (χ2n) is 10.0. The molecule has 4 heteroatoms. The van der Waals surface area contributed by atoms with Crippen LogP contribution >= 0.6 is 0 Å². The maximum Gasteiger partial charge on any atom is 0.242 e. The molecule has 0 bridgehead atoms. The lowest BCUT2D eigenvalue weighted by molar-refractivity contribution is -0.141. The van der Waals surface area contributed by atoms with Crippen molar-refractivity contribution in [2.24, 2.45) is 0 Å². The molecule has 1 unspecified atom stereocenters. The smallest absolute Gasteiger partial charge is 0.242 e. The first-order chi connectivity index (χ1) is 15.7. The highest BCUT2D eigenvalue weighted by Gasteiger charge is 2.28. The highest BCUT2D eigenvalue weighted by Crippen LogP contribution is 2.23. The molecule has 2 rings (SSSR count). The molecule has 0 saturated carbocycles. The summed E-state index contributed by atoms with van der Waals surface area (Å²) in [5, 5.41) is 3.03. The van der Waals surface area contributed by atoms with Gasteiger partial charge < -0.3 is 10.2 Å². The number of hydrogen-bond donors (Lipinski definition) is 1. The van der Waals surface area contributed by atoms with Crippen LogP contribution in [0.15, 0.2) is 48.5 Å². The van der Waals surface area contributed by atoms with E-state index in [2.05, 4.69) is 69.4 Å². The van der Waals surface area contributed by atoms with Crippen molar-refractivity contribution >= 4 is 11.8 Å². The summed E-state index contributed by atoms with van der Waals surface area (Å²) in [7, 11) is 0. The number of carbonyl (C=O) groups is 2. The molecule has 2 aromatic rings. The predicted molar refractivity (Wildman–Crippen MR) is 137 cm³/mol. The van der Waals surface area contributed by atoms with Gasteiger partial charge >= 0.3 is 0 Å². The van der Waals surface area contributed by atoms with E-state index in [0.717, 1.165) is 24.0 Å². The van der Waals surface area contributed by atoms with Gasteiger partial charge in [0.15, 0.2) is 0 Å². The molecule has 4 nitrogen and oxygen atoms in total. The number of amides is 2. The predicted octanol–water partition coefficient (Wildman–Crippen LogP) is 5.95. The van der Waals surface area contributed by atoms with Gasteiger partial charge in [0.2, 0.25) is 11.8 Å². The number of aryl methyl sites for hydroxylation is 2. The zero-order valence-corrected chi connectivity index (χ0v) is 21.4. The monoisotopic (exact) mass is 450 g/mol. The van der Waals surface area contributed by atoms with Crippen LogP contribution in [0.5, 0.6) is 0 Å². The Bertz CT molecular complexity index is 879. The van der Waals surface area contributed by atoms with Crippen molar-refractivity contribution < 1.29 is 9.59 Å². The van der Waals surface area contributed by atoms with E-state index in [1.54, 1.807) is 4.90 Å². The molecule has 0 saturated heterocycles. The van der Waals surface area contributed by atoms with Crippen molar-refractivity contribution in [1.82, 2.24) is 10.2 Å². The lowest BCUT2D eigenvalue weighted by atomic mass is 9.86. The minimum Gasteiger partial charge on any atom is -0.354 e. The Kier molecular flexibility index (Phi) is 10.1. The molecule has 0 aliphatic rings. The highest BCUT2D eigenvalue weighted by atomic mass is 16.2. The van der Waals surface area contributed by atoms with Crippen LogP contribution < -0.4 is 5.32 Å². The first kappa shape index (κ1) is 26.6. The fourth-order valence-electron chi connectivity index (χ4n) is 3.88. The van der Waals surface area contributed by atoms with Crippen molar-refractivity contribution in [3.8, 4) is 0 Å². The van der Waals surface area contributed by atoms with Crippen LogP contribution in [0.3, 0.4) is 0 Å². The van der Waals surface area contributed by atoms with E-state index in [1.165, 1.54) is 11.1 Å². The van der Waals surface area contributed by atoms with Crippen molar-refractivity contribution in [2.45, 2.75) is 91.6 Å². The summed E-state index contributed by atoms with van der Waals surface area (Å²) in [6.07, 6.45) is 3.62. The van der Waals surface area contributed by atoms with Crippen molar-refractivity contribution in [2.75, 3.05) is 6.54 Å². The fourth-order valence-corrected chi connectivity index (χ4v) is 3.88. The van der Waals surface area contributed by atoms with Gasteiger partial charge in [-0.2, -0.15) is 0 Å². The number of benzene rings is 2. The van der Waals surface area contributed by atoms with Crippen molar-refractivity contribution in [1.29, 1.82) is 0 Å². The van der Waals surface area contributed by atoms with E-state index in [-0.39, 0.29) is 17.2 Å². The van der Waals surface area contributed by atoms with Gasteiger partial charge in [-0.25, -0.2) is 0 Å². The maximum absolute atomic E-state index is 13.4. The van der Waals surface area contributed by atoms with Crippen LogP contribution in [0.4, 0.5) is 0 Å². The van der Waals surface area contributed by atoms with Gasteiger partial charge in [-0.1, -0.05) is 95.1 Å². The third kappa shape index (κ3) is 8.34. The Labute approximate surface area is 200 Å². The molecular formula is C29H42N2O2. The van der Waals surface area contributed by atoms with Crippen molar-refractivity contribution in [3.05, 3.63) is 70.8 Å². The first-order valence-electron chi connectivity index (χ1n) is 12.4. The van der Waals surface area contributed by atoms with Gasteiger partial charge in [0.1, 0.15) is 6.04 Å². The van der Waals surface area contributed by atoms with Crippen LogP contribution in [-0.4, -0.2) is 29.3 Å². The first-order valence-corrected chi connectivity index (χ1v) is 12.4. The summed E-state index contributed by atoms with van der Waals surface area (Å²) in [4.78, 5) is 28.1. The Morgan fingerprint density at radius 2 is 1.55 bits per heavy atom.